The van der Waals surface area contributed by atoms with Crippen molar-refractivity contribution in [2.45, 2.75) is 19.6 Å². The molecule has 1 N–H and O–H groups in total. The van der Waals surface area contributed by atoms with E-state index in [4.69, 9.17) is 0 Å². The number of rotatable bonds is 6. The Bertz CT molecular complexity index is 601. The smallest absolute Gasteiger partial charge is 0.127 e. The number of hydrogen-bond donors (Lipinski definition) is 1. The summed E-state index contributed by atoms with van der Waals surface area (Å²) in [6.07, 6.45) is 0. The molecule has 0 aliphatic rings. The Balaban J connectivity index is 2.07. The van der Waals surface area contributed by atoms with Gasteiger partial charge in [0, 0.05) is 29.7 Å². The highest BCUT2D eigenvalue weighted by atomic mass is 79.9. The molecule has 0 aliphatic heterocycles. The highest BCUT2D eigenvalue weighted by Gasteiger charge is 2.09. The molecule has 0 bridgehead atoms. The molecule has 0 heterocycles. The average Bonchev–Trinajstić information content (AvgIpc) is 2.45. The summed E-state index contributed by atoms with van der Waals surface area (Å²) in [5.74, 6) is -0.145. The Kier molecular flexibility index (Phi) is 5.91. The van der Waals surface area contributed by atoms with E-state index in [1.807, 2.05) is 44.4 Å². The first kappa shape index (κ1) is 16.1. The Morgan fingerprint density at radius 2 is 1.81 bits per heavy atom. The third-order valence-corrected chi connectivity index (χ3v) is 4.10. The van der Waals surface area contributed by atoms with Gasteiger partial charge in [0.15, 0.2) is 0 Å². The van der Waals surface area contributed by atoms with Gasteiger partial charge in [-0.25, -0.2) is 4.39 Å². The van der Waals surface area contributed by atoms with Crippen LogP contribution in [0.3, 0.4) is 0 Å². The van der Waals surface area contributed by atoms with E-state index in [1.54, 1.807) is 6.07 Å². The first-order valence-electron chi connectivity index (χ1n) is 6.94. The van der Waals surface area contributed by atoms with Crippen molar-refractivity contribution in [1.82, 2.24) is 10.2 Å². The van der Waals surface area contributed by atoms with Crippen LogP contribution in [0.4, 0.5) is 4.39 Å². The summed E-state index contributed by atoms with van der Waals surface area (Å²) in [6.45, 7) is 2.11. The monoisotopic (exact) mass is 350 g/mol. The van der Waals surface area contributed by atoms with Gasteiger partial charge in [-0.3, -0.25) is 4.90 Å². The highest BCUT2D eigenvalue weighted by molar-refractivity contribution is 9.10. The molecular formula is C17H20BrFN2. The maximum absolute atomic E-state index is 13.9. The number of nitrogens with zero attached hydrogens (tertiary/aromatic N) is 1. The van der Waals surface area contributed by atoms with Crippen LogP contribution >= 0.6 is 15.9 Å². The minimum Gasteiger partial charge on any atom is -0.316 e. The van der Waals surface area contributed by atoms with E-state index < -0.39 is 0 Å². The number of nitrogens with one attached hydrogen (secondary N) is 1. The molecule has 0 saturated heterocycles. The first-order valence-corrected chi connectivity index (χ1v) is 7.73. The quantitative estimate of drug-likeness (QED) is 0.848. The lowest BCUT2D eigenvalue weighted by Gasteiger charge is -2.18. The van der Waals surface area contributed by atoms with Crippen LogP contribution in [0.2, 0.25) is 0 Å². The molecule has 0 fully saturated rings. The summed E-state index contributed by atoms with van der Waals surface area (Å²) in [6, 6.07) is 13.4. The van der Waals surface area contributed by atoms with Gasteiger partial charge in [-0.1, -0.05) is 46.3 Å². The van der Waals surface area contributed by atoms with E-state index in [9.17, 15) is 4.39 Å². The SMILES string of the molecule is CNCc1ccc(F)c(CN(C)Cc2ccccc2Br)c1. The first-order chi connectivity index (χ1) is 10.1. The average molecular weight is 351 g/mol. The summed E-state index contributed by atoms with van der Waals surface area (Å²) < 4.78 is 15.0. The maximum Gasteiger partial charge on any atom is 0.127 e. The summed E-state index contributed by atoms with van der Waals surface area (Å²) in [5.41, 5.74) is 3.03. The molecule has 2 rings (SSSR count). The van der Waals surface area contributed by atoms with Gasteiger partial charge in [0.2, 0.25) is 0 Å². The molecule has 0 unspecified atom stereocenters. The second-order valence-electron chi connectivity index (χ2n) is 5.22. The van der Waals surface area contributed by atoms with E-state index in [1.165, 1.54) is 5.56 Å². The molecule has 0 aliphatic carbocycles. The van der Waals surface area contributed by atoms with Crippen molar-refractivity contribution < 1.29 is 4.39 Å². The molecule has 0 atom stereocenters. The van der Waals surface area contributed by atoms with Gasteiger partial charge in [-0.05, 0) is 37.4 Å². The van der Waals surface area contributed by atoms with Gasteiger partial charge in [-0.2, -0.15) is 0 Å². The topological polar surface area (TPSA) is 15.3 Å². The van der Waals surface area contributed by atoms with Gasteiger partial charge < -0.3 is 5.32 Å². The highest BCUT2D eigenvalue weighted by Crippen LogP contribution is 2.19. The lowest BCUT2D eigenvalue weighted by Crippen LogP contribution is -2.18. The molecule has 4 heteroatoms. The zero-order chi connectivity index (χ0) is 15.2. The van der Waals surface area contributed by atoms with Crippen molar-refractivity contribution in [3.05, 3.63) is 69.4 Å². The largest absolute Gasteiger partial charge is 0.316 e. The second kappa shape index (κ2) is 7.69. The summed E-state index contributed by atoms with van der Waals surface area (Å²) in [4.78, 5) is 2.11. The van der Waals surface area contributed by atoms with E-state index in [0.717, 1.165) is 28.7 Å². The number of hydrogen-bond acceptors (Lipinski definition) is 2. The van der Waals surface area contributed by atoms with E-state index >= 15 is 0 Å². The lowest BCUT2D eigenvalue weighted by molar-refractivity contribution is 0.313. The molecule has 2 nitrogen and oxygen atoms in total. The zero-order valence-corrected chi connectivity index (χ0v) is 14.0. The van der Waals surface area contributed by atoms with Crippen molar-refractivity contribution >= 4 is 15.9 Å². The predicted molar refractivity (Wildman–Crippen MR) is 88.5 cm³/mol. The van der Waals surface area contributed by atoms with Crippen LogP contribution in [-0.2, 0) is 19.6 Å². The molecular weight excluding hydrogens is 331 g/mol. The Labute approximate surface area is 134 Å². The van der Waals surface area contributed by atoms with E-state index in [0.29, 0.717) is 6.54 Å². The molecule has 0 aromatic heterocycles. The third kappa shape index (κ3) is 4.63. The van der Waals surface area contributed by atoms with Crippen molar-refractivity contribution in [2.75, 3.05) is 14.1 Å². The Morgan fingerprint density at radius 3 is 2.52 bits per heavy atom. The predicted octanol–water partition coefficient (Wildman–Crippen LogP) is 3.94. The van der Waals surface area contributed by atoms with Crippen LogP contribution in [0, 0.1) is 5.82 Å². The number of benzene rings is 2. The van der Waals surface area contributed by atoms with Gasteiger partial charge in [-0.15, -0.1) is 0 Å². The molecule has 0 saturated carbocycles. The fraction of sp³-hybridized carbons (Fsp3) is 0.294. The van der Waals surface area contributed by atoms with Crippen LogP contribution in [0.5, 0.6) is 0 Å². The molecule has 2 aromatic carbocycles. The zero-order valence-electron chi connectivity index (χ0n) is 12.4. The molecule has 0 amide bonds. The van der Waals surface area contributed by atoms with Gasteiger partial charge in [0.1, 0.15) is 5.82 Å². The molecule has 0 spiro atoms. The third-order valence-electron chi connectivity index (χ3n) is 3.33. The van der Waals surface area contributed by atoms with E-state index in [-0.39, 0.29) is 5.82 Å². The van der Waals surface area contributed by atoms with Gasteiger partial charge in [0.05, 0.1) is 0 Å². The summed E-state index contributed by atoms with van der Waals surface area (Å²) >= 11 is 3.55. The fourth-order valence-electron chi connectivity index (χ4n) is 2.33. The van der Waals surface area contributed by atoms with Crippen molar-refractivity contribution in [2.24, 2.45) is 0 Å². The van der Waals surface area contributed by atoms with Crippen LogP contribution in [-0.4, -0.2) is 19.0 Å². The van der Waals surface area contributed by atoms with Crippen molar-refractivity contribution in [1.29, 1.82) is 0 Å². The standard InChI is InChI=1S/C17H20BrFN2/c1-20-10-13-7-8-17(19)15(9-13)12-21(2)11-14-5-3-4-6-16(14)18/h3-9,20H,10-12H2,1-2H3. The Morgan fingerprint density at radius 1 is 1.10 bits per heavy atom. The van der Waals surface area contributed by atoms with Crippen LogP contribution in [0.25, 0.3) is 0 Å². The second-order valence-corrected chi connectivity index (χ2v) is 6.07. The molecule has 2 aromatic rings. The van der Waals surface area contributed by atoms with Crippen LogP contribution in [0.1, 0.15) is 16.7 Å². The number of halogens is 2. The minimum absolute atomic E-state index is 0.145. The molecule has 112 valence electrons. The van der Waals surface area contributed by atoms with Gasteiger partial charge >= 0.3 is 0 Å². The lowest BCUT2D eigenvalue weighted by atomic mass is 10.1. The van der Waals surface area contributed by atoms with Crippen LogP contribution in [0.15, 0.2) is 46.9 Å². The van der Waals surface area contributed by atoms with Crippen molar-refractivity contribution in [3.63, 3.8) is 0 Å². The summed E-state index contributed by atoms with van der Waals surface area (Å²) in [7, 11) is 3.89. The molecule has 21 heavy (non-hydrogen) atoms. The normalized spacial score (nSPS) is 11.1. The molecule has 0 radical (unpaired) electrons. The van der Waals surface area contributed by atoms with Gasteiger partial charge in [0.25, 0.3) is 0 Å². The maximum atomic E-state index is 13.9. The van der Waals surface area contributed by atoms with E-state index in [2.05, 4.69) is 32.2 Å². The Hall–Kier alpha value is -1.23. The van der Waals surface area contributed by atoms with Crippen LogP contribution < -0.4 is 5.32 Å². The van der Waals surface area contributed by atoms with Crippen molar-refractivity contribution in [3.8, 4) is 0 Å². The fourth-order valence-corrected chi connectivity index (χ4v) is 2.74. The summed E-state index contributed by atoms with van der Waals surface area (Å²) in [5, 5.41) is 3.09. The minimum atomic E-state index is -0.145.